The molecule has 1 atom stereocenters. The molecule has 6 nitrogen and oxygen atoms in total. The van der Waals surface area contributed by atoms with E-state index in [1.54, 1.807) is 36.1 Å². The third-order valence-electron chi connectivity index (χ3n) is 4.96. The number of nitrogens with zero attached hydrogens (tertiary/aromatic N) is 2. The van der Waals surface area contributed by atoms with Crippen molar-refractivity contribution in [1.29, 1.82) is 0 Å². The van der Waals surface area contributed by atoms with Gasteiger partial charge in [0, 0.05) is 18.4 Å². The van der Waals surface area contributed by atoms with Gasteiger partial charge in [0.15, 0.2) is 6.10 Å². The van der Waals surface area contributed by atoms with E-state index in [1.165, 1.54) is 6.20 Å². The number of hydrogen-bond donors (Lipinski definition) is 0. The fraction of sp³-hybridized carbons (Fsp3) is 0.208. The number of amides is 1. The van der Waals surface area contributed by atoms with Gasteiger partial charge in [-0.25, -0.2) is 9.78 Å². The van der Waals surface area contributed by atoms with Crippen molar-refractivity contribution < 1.29 is 19.1 Å². The van der Waals surface area contributed by atoms with Gasteiger partial charge in [-0.05, 0) is 55.7 Å². The zero-order chi connectivity index (χ0) is 20.9. The Bertz CT molecular complexity index is 1050. The van der Waals surface area contributed by atoms with Gasteiger partial charge in [0.25, 0.3) is 5.91 Å². The Labute approximate surface area is 175 Å². The fourth-order valence-corrected chi connectivity index (χ4v) is 3.48. The first-order valence-electron chi connectivity index (χ1n) is 9.91. The Hall–Kier alpha value is -3.67. The van der Waals surface area contributed by atoms with Crippen LogP contribution >= 0.6 is 0 Å². The van der Waals surface area contributed by atoms with Gasteiger partial charge in [0.05, 0.1) is 0 Å². The maximum absolute atomic E-state index is 13.0. The Morgan fingerprint density at radius 3 is 2.60 bits per heavy atom. The lowest BCUT2D eigenvalue weighted by molar-refractivity contribution is -0.126. The van der Waals surface area contributed by atoms with Crippen molar-refractivity contribution in [3.8, 4) is 11.6 Å². The minimum atomic E-state index is -0.937. The average molecular weight is 402 g/mol. The molecule has 2 aromatic carbocycles. The second-order valence-corrected chi connectivity index (χ2v) is 7.04. The summed E-state index contributed by atoms with van der Waals surface area (Å²) in [6.07, 6.45) is 2.41. The van der Waals surface area contributed by atoms with Crippen molar-refractivity contribution in [2.24, 2.45) is 0 Å². The predicted molar refractivity (Wildman–Crippen MR) is 113 cm³/mol. The summed E-state index contributed by atoms with van der Waals surface area (Å²) in [5.74, 6) is -0.207. The highest BCUT2D eigenvalue weighted by Gasteiger charge is 2.29. The topological polar surface area (TPSA) is 68.7 Å². The molecule has 0 bridgehead atoms. The summed E-state index contributed by atoms with van der Waals surface area (Å²) in [4.78, 5) is 31.6. The molecule has 0 spiro atoms. The molecule has 3 aromatic rings. The number of benzene rings is 2. The van der Waals surface area contributed by atoms with Crippen molar-refractivity contribution in [2.75, 3.05) is 11.4 Å². The summed E-state index contributed by atoms with van der Waals surface area (Å²) in [5.41, 5.74) is 2.17. The van der Waals surface area contributed by atoms with Gasteiger partial charge < -0.3 is 14.4 Å². The molecule has 0 aliphatic carbocycles. The van der Waals surface area contributed by atoms with E-state index in [0.29, 0.717) is 12.3 Å². The first kappa shape index (κ1) is 19.6. The molecule has 1 amide bonds. The molecule has 152 valence electrons. The minimum Gasteiger partial charge on any atom is -0.449 e. The Morgan fingerprint density at radius 1 is 1.00 bits per heavy atom. The van der Waals surface area contributed by atoms with Crippen LogP contribution in [0.2, 0.25) is 0 Å². The second-order valence-electron chi connectivity index (χ2n) is 7.04. The lowest BCUT2D eigenvalue weighted by atomic mass is 10.0. The lowest BCUT2D eigenvalue weighted by Crippen LogP contribution is -2.42. The number of fused-ring (bicyclic) bond motifs is 1. The monoisotopic (exact) mass is 402 g/mol. The van der Waals surface area contributed by atoms with Crippen molar-refractivity contribution in [2.45, 2.75) is 25.9 Å². The molecule has 6 heteroatoms. The summed E-state index contributed by atoms with van der Waals surface area (Å²) >= 11 is 0. The van der Waals surface area contributed by atoms with E-state index in [-0.39, 0.29) is 17.4 Å². The summed E-state index contributed by atoms with van der Waals surface area (Å²) in [6.45, 7) is 2.19. The van der Waals surface area contributed by atoms with E-state index in [1.807, 2.05) is 42.5 Å². The summed E-state index contributed by atoms with van der Waals surface area (Å²) in [7, 11) is 0. The van der Waals surface area contributed by atoms with Crippen LogP contribution < -0.4 is 9.64 Å². The zero-order valence-electron chi connectivity index (χ0n) is 16.7. The van der Waals surface area contributed by atoms with Crippen LogP contribution in [0.3, 0.4) is 0 Å². The van der Waals surface area contributed by atoms with E-state index in [4.69, 9.17) is 9.47 Å². The highest BCUT2D eigenvalue weighted by atomic mass is 16.6. The molecule has 30 heavy (non-hydrogen) atoms. The molecule has 2 heterocycles. The first-order valence-corrected chi connectivity index (χ1v) is 9.91. The third kappa shape index (κ3) is 4.17. The predicted octanol–water partition coefficient (Wildman–Crippen LogP) is 4.40. The van der Waals surface area contributed by atoms with E-state index in [0.717, 1.165) is 24.1 Å². The average Bonchev–Trinajstić information content (AvgIpc) is 2.79. The molecule has 1 aliphatic rings. The van der Waals surface area contributed by atoms with Gasteiger partial charge in [0.1, 0.15) is 11.3 Å². The Kier molecular flexibility index (Phi) is 5.75. The molecule has 1 aromatic heterocycles. The third-order valence-corrected chi connectivity index (χ3v) is 4.96. The highest BCUT2D eigenvalue weighted by Crippen LogP contribution is 2.28. The molecule has 1 aliphatic heterocycles. The van der Waals surface area contributed by atoms with Crippen LogP contribution in [-0.2, 0) is 16.0 Å². The smallest absolute Gasteiger partial charge is 0.344 e. The number of para-hydroxylation sites is 2. The fourth-order valence-electron chi connectivity index (χ4n) is 3.48. The minimum absolute atomic E-state index is 0.136. The van der Waals surface area contributed by atoms with Crippen LogP contribution in [0.5, 0.6) is 11.6 Å². The molecule has 0 N–H and O–H groups in total. The molecule has 0 saturated heterocycles. The standard InChI is InChI=1S/C24H22N2O4/c1-17(23(27)26-16-8-10-18-9-5-6-14-21(18)26)29-24(28)20-13-7-15-25-22(20)30-19-11-3-2-4-12-19/h2-7,9,11-15,17H,8,10,16H2,1H3/t17-/m1/s1. The lowest BCUT2D eigenvalue weighted by Gasteiger charge is -2.31. The molecule has 4 rings (SSSR count). The summed E-state index contributed by atoms with van der Waals surface area (Å²) in [6, 6.07) is 20.1. The van der Waals surface area contributed by atoms with E-state index >= 15 is 0 Å². The Morgan fingerprint density at radius 2 is 1.77 bits per heavy atom. The van der Waals surface area contributed by atoms with Gasteiger partial charge in [-0.3, -0.25) is 4.79 Å². The van der Waals surface area contributed by atoms with Crippen molar-refractivity contribution >= 4 is 17.6 Å². The van der Waals surface area contributed by atoms with Crippen molar-refractivity contribution in [3.05, 3.63) is 84.1 Å². The number of aryl methyl sites for hydroxylation is 1. The number of carbonyl (C=O) groups is 2. The van der Waals surface area contributed by atoms with Gasteiger partial charge in [-0.15, -0.1) is 0 Å². The molecule has 0 fully saturated rings. The number of aromatic nitrogens is 1. The molecule has 0 unspecified atom stereocenters. The number of ether oxygens (including phenoxy) is 2. The van der Waals surface area contributed by atoms with E-state index in [9.17, 15) is 9.59 Å². The van der Waals surface area contributed by atoms with Crippen molar-refractivity contribution in [3.63, 3.8) is 0 Å². The zero-order valence-corrected chi connectivity index (χ0v) is 16.7. The Balaban J connectivity index is 1.49. The molecular weight excluding hydrogens is 380 g/mol. The number of carbonyl (C=O) groups excluding carboxylic acids is 2. The quantitative estimate of drug-likeness (QED) is 0.592. The maximum Gasteiger partial charge on any atom is 0.344 e. The number of hydrogen-bond acceptors (Lipinski definition) is 5. The largest absolute Gasteiger partial charge is 0.449 e. The number of pyridine rings is 1. The maximum atomic E-state index is 13.0. The SMILES string of the molecule is C[C@@H](OC(=O)c1cccnc1Oc1ccccc1)C(=O)N1CCCc2ccccc21. The molecular formula is C24H22N2O4. The number of esters is 1. The van der Waals surface area contributed by atoms with Crippen LogP contribution in [0, 0.1) is 0 Å². The van der Waals surface area contributed by atoms with Gasteiger partial charge in [0.2, 0.25) is 5.88 Å². The van der Waals surface area contributed by atoms with Gasteiger partial charge in [-0.1, -0.05) is 36.4 Å². The normalized spacial score (nSPS) is 13.8. The van der Waals surface area contributed by atoms with Crippen LogP contribution in [0.4, 0.5) is 5.69 Å². The highest BCUT2D eigenvalue weighted by molar-refractivity contribution is 6.00. The van der Waals surface area contributed by atoms with Crippen LogP contribution in [-0.4, -0.2) is 29.5 Å². The van der Waals surface area contributed by atoms with Crippen LogP contribution in [0.1, 0.15) is 29.3 Å². The summed E-state index contributed by atoms with van der Waals surface area (Å²) < 4.78 is 11.2. The van der Waals surface area contributed by atoms with Gasteiger partial charge in [-0.2, -0.15) is 0 Å². The second kappa shape index (κ2) is 8.78. The number of rotatable bonds is 5. The molecule has 0 radical (unpaired) electrons. The molecule has 0 saturated carbocycles. The van der Waals surface area contributed by atoms with Crippen molar-refractivity contribution in [1.82, 2.24) is 4.98 Å². The van der Waals surface area contributed by atoms with E-state index < -0.39 is 12.1 Å². The summed E-state index contributed by atoms with van der Waals surface area (Å²) in [5, 5.41) is 0. The number of anilines is 1. The van der Waals surface area contributed by atoms with E-state index in [2.05, 4.69) is 4.98 Å². The first-order chi connectivity index (χ1) is 14.6. The van der Waals surface area contributed by atoms with Crippen LogP contribution in [0.25, 0.3) is 0 Å². The van der Waals surface area contributed by atoms with Gasteiger partial charge >= 0.3 is 5.97 Å². The van der Waals surface area contributed by atoms with Crippen LogP contribution in [0.15, 0.2) is 72.9 Å².